The predicted molar refractivity (Wildman–Crippen MR) is 57.0 cm³/mol. The monoisotopic (exact) mass is 196 g/mol. The van der Waals surface area contributed by atoms with Crippen molar-refractivity contribution in [3.05, 3.63) is 11.9 Å². The molecule has 0 saturated heterocycles. The van der Waals surface area contributed by atoms with E-state index in [1.807, 2.05) is 10.9 Å². The average molecular weight is 196 g/mol. The van der Waals surface area contributed by atoms with Crippen LogP contribution in [-0.4, -0.2) is 21.5 Å². The summed E-state index contributed by atoms with van der Waals surface area (Å²) in [4.78, 5) is 0. The highest BCUT2D eigenvalue weighted by Gasteiger charge is 2.08. The number of nitrogens with two attached hydrogens (primary N) is 1. The van der Waals surface area contributed by atoms with Gasteiger partial charge in [-0.1, -0.05) is 19.1 Å². The van der Waals surface area contributed by atoms with Crippen molar-refractivity contribution in [3.63, 3.8) is 0 Å². The smallest absolute Gasteiger partial charge is 0.0827 e. The molecule has 0 aliphatic heterocycles. The van der Waals surface area contributed by atoms with Gasteiger partial charge in [0, 0.05) is 6.20 Å². The number of aryl methyl sites for hydroxylation is 1. The maximum atomic E-state index is 5.44. The van der Waals surface area contributed by atoms with Crippen molar-refractivity contribution in [1.29, 1.82) is 0 Å². The van der Waals surface area contributed by atoms with Crippen LogP contribution in [0.4, 0.5) is 0 Å². The minimum absolute atomic E-state index is 0.495. The zero-order valence-corrected chi connectivity index (χ0v) is 9.11. The van der Waals surface area contributed by atoms with Crippen LogP contribution in [0.15, 0.2) is 6.20 Å². The molecule has 0 atom stereocenters. The Morgan fingerprint density at radius 2 is 2.14 bits per heavy atom. The third-order valence-electron chi connectivity index (χ3n) is 2.51. The van der Waals surface area contributed by atoms with Gasteiger partial charge in [0.1, 0.15) is 0 Å². The highest BCUT2D eigenvalue weighted by Crippen LogP contribution is 2.13. The van der Waals surface area contributed by atoms with Crippen LogP contribution in [0.3, 0.4) is 0 Å². The van der Waals surface area contributed by atoms with E-state index in [1.54, 1.807) is 0 Å². The van der Waals surface area contributed by atoms with Crippen molar-refractivity contribution in [3.8, 4) is 0 Å². The highest BCUT2D eigenvalue weighted by molar-refractivity contribution is 4.93. The topological polar surface area (TPSA) is 56.7 Å². The van der Waals surface area contributed by atoms with E-state index in [9.17, 15) is 0 Å². The fourth-order valence-electron chi connectivity index (χ4n) is 1.55. The third kappa shape index (κ3) is 2.80. The van der Waals surface area contributed by atoms with Crippen LogP contribution in [0, 0.1) is 0 Å². The Morgan fingerprint density at radius 1 is 1.43 bits per heavy atom. The Labute approximate surface area is 85.5 Å². The lowest BCUT2D eigenvalue weighted by molar-refractivity contribution is 0.418. The predicted octanol–water partition coefficient (Wildman–Crippen LogP) is 1.53. The zero-order valence-electron chi connectivity index (χ0n) is 9.11. The Kier molecular flexibility index (Phi) is 4.59. The van der Waals surface area contributed by atoms with Crippen LogP contribution in [0.25, 0.3) is 0 Å². The largest absolute Gasteiger partial charge is 0.330 e. The minimum Gasteiger partial charge on any atom is -0.330 e. The van der Waals surface area contributed by atoms with Crippen molar-refractivity contribution in [2.75, 3.05) is 6.54 Å². The van der Waals surface area contributed by atoms with E-state index in [4.69, 9.17) is 5.73 Å². The van der Waals surface area contributed by atoms with Crippen molar-refractivity contribution in [2.45, 2.75) is 45.6 Å². The summed E-state index contributed by atoms with van der Waals surface area (Å²) in [6.07, 6.45) is 6.19. The number of nitrogens with zero attached hydrogens (tertiary/aromatic N) is 3. The SMILES string of the molecule is CCC(CC)n1cc(CCCN)nn1. The van der Waals surface area contributed by atoms with E-state index >= 15 is 0 Å². The molecule has 0 spiro atoms. The highest BCUT2D eigenvalue weighted by atomic mass is 15.4. The van der Waals surface area contributed by atoms with Gasteiger partial charge in [-0.05, 0) is 32.2 Å². The molecule has 14 heavy (non-hydrogen) atoms. The van der Waals surface area contributed by atoms with Gasteiger partial charge in [0.05, 0.1) is 11.7 Å². The lowest BCUT2D eigenvalue weighted by Gasteiger charge is -2.10. The first-order valence-corrected chi connectivity index (χ1v) is 5.42. The van der Waals surface area contributed by atoms with E-state index in [-0.39, 0.29) is 0 Å². The van der Waals surface area contributed by atoms with Gasteiger partial charge in [0.15, 0.2) is 0 Å². The summed E-state index contributed by atoms with van der Waals surface area (Å²) in [7, 11) is 0. The van der Waals surface area contributed by atoms with E-state index in [0.29, 0.717) is 6.04 Å². The quantitative estimate of drug-likeness (QED) is 0.750. The number of aromatic nitrogens is 3. The summed E-state index contributed by atoms with van der Waals surface area (Å²) < 4.78 is 1.98. The van der Waals surface area contributed by atoms with Gasteiger partial charge in [-0.3, -0.25) is 0 Å². The molecule has 1 heterocycles. The number of rotatable bonds is 6. The molecule has 0 bridgehead atoms. The molecule has 0 amide bonds. The molecule has 4 heteroatoms. The van der Waals surface area contributed by atoms with Crippen molar-refractivity contribution in [1.82, 2.24) is 15.0 Å². The third-order valence-corrected chi connectivity index (χ3v) is 2.51. The van der Waals surface area contributed by atoms with Crippen molar-refractivity contribution >= 4 is 0 Å². The second kappa shape index (κ2) is 5.75. The molecule has 4 nitrogen and oxygen atoms in total. The maximum Gasteiger partial charge on any atom is 0.0827 e. The fourth-order valence-corrected chi connectivity index (χ4v) is 1.55. The molecule has 0 fully saturated rings. The first-order chi connectivity index (χ1) is 6.81. The molecule has 0 aliphatic carbocycles. The van der Waals surface area contributed by atoms with Crippen LogP contribution in [0.5, 0.6) is 0 Å². The van der Waals surface area contributed by atoms with Gasteiger partial charge in [0.2, 0.25) is 0 Å². The maximum absolute atomic E-state index is 5.44. The van der Waals surface area contributed by atoms with Crippen LogP contribution in [0.2, 0.25) is 0 Å². The molecular formula is C10H20N4. The van der Waals surface area contributed by atoms with Crippen LogP contribution >= 0.6 is 0 Å². The summed E-state index contributed by atoms with van der Waals surface area (Å²) in [5.41, 5.74) is 6.50. The van der Waals surface area contributed by atoms with Crippen molar-refractivity contribution in [2.24, 2.45) is 5.73 Å². The van der Waals surface area contributed by atoms with Crippen LogP contribution in [0.1, 0.15) is 44.8 Å². The molecule has 0 unspecified atom stereocenters. The second-order valence-corrected chi connectivity index (χ2v) is 3.55. The van der Waals surface area contributed by atoms with E-state index < -0.39 is 0 Å². The summed E-state index contributed by atoms with van der Waals surface area (Å²) in [5, 5.41) is 8.26. The summed E-state index contributed by atoms with van der Waals surface area (Å²) in [5.74, 6) is 0. The fraction of sp³-hybridized carbons (Fsp3) is 0.800. The van der Waals surface area contributed by atoms with E-state index in [1.165, 1.54) is 0 Å². The van der Waals surface area contributed by atoms with Gasteiger partial charge in [-0.15, -0.1) is 5.10 Å². The van der Waals surface area contributed by atoms with Gasteiger partial charge in [0.25, 0.3) is 0 Å². The molecule has 1 aromatic rings. The Hall–Kier alpha value is -0.900. The molecular weight excluding hydrogens is 176 g/mol. The van der Waals surface area contributed by atoms with Gasteiger partial charge in [-0.25, -0.2) is 4.68 Å². The Bertz CT molecular complexity index is 252. The molecule has 0 aliphatic rings. The molecule has 1 rings (SSSR count). The number of hydrogen-bond acceptors (Lipinski definition) is 3. The zero-order chi connectivity index (χ0) is 10.4. The normalized spacial score (nSPS) is 11.1. The van der Waals surface area contributed by atoms with E-state index in [2.05, 4.69) is 24.2 Å². The molecule has 80 valence electrons. The summed E-state index contributed by atoms with van der Waals surface area (Å²) in [6.45, 7) is 5.07. The minimum atomic E-state index is 0.495. The molecule has 0 aromatic carbocycles. The lowest BCUT2D eigenvalue weighted by Crippen LogP contribution is -2.07. The standard InChI is InChI=1S/C10H20N4/c1-3-10(4-2)14-8-9(12-13-14)6-5-7-11/h8,10H,3-7,11H2,1-2H3. The van der Waals surface area contributed by atoms with Gasteiger partial charge in [-0.2, -0.15) is 0 Å². The lowest BCUT2D eigenvalue weighted by atomic mass is 10.2. The molecule has 0 radical (unpaired) electrons. The summed E-state index contributed by atoms with van der Waals surface area (Å²) in [6, 6.07) is 0.495. The van der Waals surface area contributed by atoms with Gasteiger partial charge < -0.3 is 5.73 Å². The first kappa shape index (κ1) is 11.2. The average Bonchev–Trinajstić information content (AvgIpc) is 2.65. The number of hydrogen-bond donors (Lipinski definition) is 1. The van der Waals surface area contributed by atoms with Crippen LogP contribution in [-0.2, 0) is 6.42 Å². The van der Waals surface area contributed by atoms with Crippen LogP contribution < -0.4 is 5.73 Å². The molecule has 2 N–H and O–H groups in total. The van der Waals surface area contributed by atoms with E-state index in [0.717, 1.165) is 37.9 Å². The Morgan fingerprint density at radius 3 is 2.71 bits per heavy atom. The molecule has 1 aromatic heterocycles. The first-order valence-electron chi connectivity index (χ1n) is 5.42. The molecule has 0 saturated carbocycles. The summed E-state index contributed by atoms with van der Waals surface area (Å²) >= 11 is 0. The Balaban J connectivity index is 2.57. The van der Waals surface area contributed by atoms with Gasteiger partial charge >= 0.3 is 0 Å². The van der Waals surface area contributed by atoms with Crippen molar-refractivity contribution < 1.29 is 0 Å². The second-order valence-electron chi connectivity index (χ2n) is 3.55.